The summed E-state index contributed by atoms with van der Waals surface area (Å²) >= 11 is 1.36. The lowest BCUT2D eigenvalue weighted by Crippen LogP contribution is -2.10. The summed E-state index contributed by atoms with van der Waals surface area (Å²) in [4.78, 5) is 17.1. The van der Waals surface area contributed by atoms with Crippen molar-refractivity contribution in [3.63, 3.8) is 0 Å². The first-order valence-electron chi connectivity index (χ1n) is 7.04. The predicted molar refractivity (Wildman–Crippen MR) is 88.5 cm³/mol. The Morgan fingerprint density at radius 1 is 1.17 bits per heavy atom. The number of rotatable bonds is 3. The van der Waals surface area contributed by atoms with E-state index >= 15 is 0 Å². The van der Waals surface area contributed by atoms with Gasteiger partial charge in [-0.2, -0.15) is 5.26 Å². The summed E-state index contributed by atoms with van der Waals surface area (Å²) in [7, 11) is 0. The number of aromatic nitrogens is 1. The molecule has 0 aliphatic carbocycles. The summed E-state index contributed by atoms with van der Waals surface area (Å²) in [5.74, 6) is -1.12. The maximum atomic E-state index is 12.7. The van der Waals surface area contributed by atoms with Crippen molar-refractivity contribution in [1.29, 1.82) is 5.26 Å². The second kappa shape index (κ2) is 5.34. The number of fused-ring (bicyclic) bond motifs is 2. The molecular formula is C18H10N2O2S. The smallest absolute Gasteiger partial charge is 0.222 e. The number of hydrogen-bond donors (Lipinski definition) is 0. The van der Waals surface area contributed by atoms with E-state index in [1.54, 1.807) is 12.1 Å². The molecule has 0 radical (unpaired) electrons. The maximum Gasteiger partial charge on any atom is 0.222 e. The van der Waals surface area contributed by atoms with Gasteiger partial charge in [0.2, 0.25) is 5.78 Å². The molecule has 4 aromatic rings. The number of thiazole rings is 1. The second-order valence-electron chi connectivity index (χ2n) is 5.09. The van der Waals surface area contributed by atoms with Gasteiger partial charge in [0.05, 0.1) is 16.3 Å². The Morgan fingerprint density at radius 2 is 1.96 bits per heavy atom. The molecule has 0 amide bonds. The highest BCUT2D eigenvalue weighted by molar-refractivity contribution is 7.18. The van der Waals surface area contributed by atoms with Crippen LogP contribution in [-0.2, 0) is 0 Å². The number of para-hydroxylation sites is 2. The molecule has 0 aliphatic heterocycles. The maximum absolute atomic E-state index is 12.7. The van der Waals surface area contributed by atoms with Crippen LogP contribution in [0.4, 0.5) is 0 Å². The van der Waals surface area contributed by atoms with E-state index in [1.165, 1.54) is 11.3 Å². The molecule has 4 rings (SSSR count). The van der Waals surface area contributed by atoms with Crippen molar-refractivity contribution in [1.82, 2.24) is 4.98 Å². The van der Waals surface area contributed by atoms with Gasteiger partial charge in [0.15, 0.2) is 11.7 Å². The summed E-state index contributed by atoms with van der Waals surface area (Å²) in [6.45, 7) is 0. The summed E-state index contributed by atoms with van der Waals surface area (Å²) in [6, 6.07) is 18.7. The summed E-state index contributed by atoms with van der Waals surface area (Å²) in [5.41, 5.74) is 1.43. The molecule has 0 bridgehead atoms. The summed E-state index contributed by atoms with van der Waals surface area (Å²) < 4.78 is 6.54. The van der Waals surface area contributed by atoms with Crippen molar-refractivity contribution >= 4 is 38.3 Å². The van der Waals surface area contributed by atoms with Crippen molar-refractivity contribution in [2.24, 2.45) is 0 Å². The lowest BCUT2D eigenvalue weighted by atomic mass is 10.0. The minimum absolute atomic E-state index is 0.192. The quantitative estimate of drug-likeness (QED) is 0.520. The lowest BCUT2D eigenvalue weighted by molar-refractivity contribution is 0.0954. The lowest BCUT2D eigenvalue weighted by Gasteiger charge is -2.01. The van der Waals surface area contributed by atoms with Crippen molar-refractivity contribution in [3.05, 3.63) is 65.4 Å². The van der Waals surface area contributed by atoms with Crippen LogP contribution in [0.15, 0.2) is 59.0 Å². The van der Waals surface area contributed by atoms with Crippen LogP contribution in [0.1, 0.15) is 21.5 Å². The van der Waals surface area contributed by atoms with E-state index in [1.807, 2.05) is 42.5 Å². The largest absolute Gasteiger partial charge is 0.453 e. The third-order valence-corrected chi connectivity index (χ3v) is 4.72. The van der Waals surface area contributed by atoms with Crippen LogP contribution in [0.25, 0.3) is 21.2 Å². The number of nitrogens with zero attached hydrogens (tertiary/aromatic N) is 2. The highest BCUT2D eigenvalue weighted by Crippen LogP contribution is 2.30. The summed E-state index contributed by atoms with van der Waals surface area (Å²) in [6.07, 6.45) is 0. The van der Waals surface area contributed by atoms with Crippen molar-refractivity contribution in [2.75, 3.05) is 0 Å². The van der Waals surface area contributed by atoms with Crippen LogP contribution in [0.2, 0.25) is 0 Å². The van der Waals surface area contributed by atoms with E-state index in [0.29, 0.717) is 10.6 Å². The first kappa shape index (κ1) is 13.7. The molecule has 2 aromatic heterocycles. The molecule has 1 atom stereocenters. The molecule has 4 nitrogen and oxygen atoms in total. The molecule has 0 fully saturated rings. The van der Waals surface area contributed by atoms with Crippen LogP contribution >= 0.6 is 11.3 Å². The highest BCUT2D eigenvalue weighted by atomic mass is 32.1. The molecule has 0 saturated heterocycles. The fourth-order valence-electron chi connectivity index (χ4n) is 2.49. The zero-order valence-corrected chi connectivity index (χ0v) is 12.7. The number of Topliss-reactive ketones (excluding diaryl/α,β-unsaturated/α-hetero) is 1. The molecule has 23 heavy (non-hydrogen) atoms. The van der Waals surface area contributed by atoms with Crippen molar-refractivity contribution in [2.45, 2.75) is 5.92 Å². The van der Waals surface area contributed by atoms with Gasteiger partial charge in [-0.25, -0.2) is 4.98 Å². The Kier molecular flexibility index (Phi) is 3.18. The van der Waals surface area contributed by atoms with Crippen LogP contribution < -0.4 is 0 Å². The Labute approximate surface area is 135 Å². The number of carbonyl (C=O) groups excluding carboxylic acids is 1. The molecule has 0 aliphatic rings. The fourth-order valence-corrected chi connectivity index (χ4v) is 3.50. The minimum Gasteiger partial charge on any atom is -0.453 e. The molecule has 2 aromatic carbocycles. The van der Waals surface area contributed by atoms with Gasteiger partial charge in [-0.15, -0.1) is 11.3 Å². The van der Waals surface area contributed by atoms with Gasteiger partial charge in [-0.1, -0.05) is 30.3 Å². The Balaban J connectivity index is 1.76. The van der Waals surface area contributed by atoms with Gasteiger partial charge >= 0.3 is 0 Å². The van der Waals surface area contributed by atoms with Gasteiger partial charge < -0.3 is 4.42 Å². The number of hydrogen-bond acceptors (Lipinski definition) is 5. The zero-order valence-electron chi connectivity index (χ0n) is 11.9. The topological polar surface area (TPSA) is 66.9 Å². The number of nitriles is 1. The van der Waals surface area contributed by atoms with E-state index in [0.717, 1.165) is 15.6 Å². The minimum atomic E-state index is -0.951. The number of carbonyl (C=O) groups is 1. The van der Waals surface area contributed by atoms with Gasteiger partial charge in [-0.3, -0.25) is 4.79 Å². The first-order chi connectivity index (χ1) is 11.3. The molecule has 0 spiro atoms. The third kappa shape index (κ3) is 2.30. The van der Waals surface area contributed by atoms with E-state index in [-0.39, 0.29) is 11.5 Å². The van der Waals surface area contributed by atoms with Crippen molar-refractivity contribution < 1.29 is 9.21 Å². The van der Waals surface area contributed by atoms with E-state index in [2.05, 4.69) is 11.1 Å². The highest BCUT2D eigenvalue weighted by Gasteiger charge is 2.28. The average Bonchev–Trinajstić information content (AvgIpc) is 3.19. The van der Waals surface area contributed by atoms with Crippen molar-refractivity contribution in [3.8, 4) is 6.07 Å². The Morgan fingerprint density at radius 3 is 2.74 bits per heavy atom. The summed E-state index contributed by atoms with van der Waals surface area (Å²) in [5, 5.41) is 10.8. The van der Waals surface area contributed by atoms with Gasteiger partial charge in [0.25, 0.3) is 0 Å². The predicted octanol–water partition coefficient (Wildman–Crippen LogP) is 4.53. The van der Waals surface area contributed by atoms with E-state index in [9.17, 15) is 10.1 Å². The Bertz CT molecular complexity index is 1010. The van der Waals surface area contributed by atoms with E-state index < -0.39 is 5.92 Å². The molecule has 0 unspecified atom stereocenters. The number of benzene rings is 2. The van der Waals surface area contributed by atoms with Gasteiger partial charge in [0.1, 0.15) is 10.6 Å². The normalized spacial score (nSPS) is 12.3. The molecule has 110 valence electrons. The average molecular weight is 318 g/mol. The van der Waals surface area contributed by atoms with Crippen LogP contribution in [0.5, 0.6) is 0 Å². The van der Waals surface area contributed by atoms with Crippen LogP contribution in [0, 0.1) is 11.3 Å². The molecule has 2 heterocycles. The number of furan rings is 1. The standard InChI is InChI=1S/C18H10N2O2S/c19-10-12(18-20-13-6-2-4-8-16(13)23-18)17(21)15-9-11-5-1-3-7-14(11)22-15/h1-9,12H/t12-/m0/s1. The van der Waals surface area contributed by atoms with Crippen LogP contribution in [-0.4, -0.2) is 10.8 Å². The molecule has 0 saturated carbocycles. The zero-order chi connectivity index (χ0) is 15.8. The molecular weight excluding hydrogens is 308 g/mol. The van der Waals surface area contributed by atoms with Crippen LogP contribution in [0.3, 0.4) is 0 Å². The first-order valence-corrected chi connectivity index (χ1v) is 7.86. The molecule has 0 N–H and O–H groups in total. The monoisotopic (exact) mass is 318 g/mol. The Hall–Kier alpha value is -2.97. The SMILES string of the molecule is N#C[C@@H](C(=O)c1cc2ccccc2o1)c1nc2ccccc2s1. The number of ketones is 1. The van der Waals surface area contributed by atoms with Gasteiger partial charge in [0, 0.05) is 5.39 Å². The van der Waals surface area contributed by atoms with Gasteiger partial charge in [-0.05, 0) is 24.3 Å². The fraction of sp³-hybridized carbons (Fsp3) is 0.0556. The third-order valence-electron chi connectivity index (χ3n) is 3.62. The second-order valence-corrected chi connectivity index (χ2v) is 6.16. The van der Waals surface area contributed by atoms with E-state index in [4.69, 9.17) is 4.42 Å². The molecule has 5 heteroatoms.